The molecular formula is C22H28N2O5S. The molecule has 1 aliphatic heterocycles. The zero-order valence-electron chi connectivity index (χ0n) is 17.8. The van der Waals surface area contributed by atoms with Gasteiger partial charge in [-0.3, -0.25) is 4.79 Å². The molecule has 0 aliphatic carbocycles. The lowest BCUT2D eigenvalue weighted by molar-refractivity contribution is -0.120. The highest BCUT2D eigenvalue weighted by molar-refractivity contribution is 7.89. The van der Waals surface area contributed by atoms with Crippen LogP contribution in [0.15, 0.2) is 41.3 Å². The first-order valence-corrected chi connectivity index (χ1v) is 11.3. The van der Waals surface area contributed by atoms with E-state index in [1.54, 1.807) is 6.07 Å². The first-order valence-electron chi connectivity index (χ1n) is 9.86. The van der Waals surface area contributed by atoms with Gasteiger partial charge >= 0.3 is 0 Å². The maximum Gasteiger partial charge on any atom is 0.243 e. The summed E-state index contributed by atoms with van der Waals surface area (Å²) in [7, 11) is -0.707. The van der Waals surface area contributed by atoms with Crippen molar-refractivity contribution in [2.45, 2.75) is 31.6 Å². The van der Waals surface area contributed by atoms with E-state index in [1.165, 1.54) is 30.7 Å². The predicted molar refractivity (Wildman–Crippen MR) is 116 cm³/mol. The molecule has 0 unspecified atom stereocenters. The summed E-state index contributed by atoms with van der Waals surface area (Å²) in [5.74, 6) is 0.547. The molecule has 7 nitrogen and oxygen atoms in total. The minimum atomic E-state index is -3.67. The average Bonchev–Trinajstić information content (AvgIpc) is 2.72. The second kappa shape index (κ2) is 9.06. The standard InChI is InChI=1S/C22H28N2O5S/c1-15-11-16(2)13-18(12-15)23-22(25)17-7-9-24(10-8-17)30(26,27)19-5-6-20(28-3)21(14-19)29-4/h5-6,11-14,17H,7-10H2,1-4H3,(H,23,25). The SMILES string of the molecule is COc1ccc(S(=O)(=O)N2CCC(C(=O)Nc3cc(C)cc(C)c3)CC2)cc1OC. The Balaban J connectivity index is 1.66. The van der Waals surface area contributed by atoms with Gasteiger partial charge in [-0.2, -0.15) is 4.31 Å². The van der Waals surface area contributed by atoms with Crippen LogP contribution in [0.2, 0.25) is 0 Å². The van der Waals surface area contributed by atoms with E-state index in [0.29, 0.717) is 37.4 Å². The zero-order chi connectivity index (χ0) is 21.9. The number of rotatable bonds is 6. The van der Waals surface area contributed by atoms with Crippen LogP contribution in [-0.4, -0.2) is 45.9 Å². The molecular weight excluding hydrogens is 404 g/mol. The van der Waals surface area contributed by atoms with Gasteiger partial charge < -0.3 is 14.8 Å². The molecule has 1 heterocycles. The maximum atomic E-state index is 13.0. The number of aryl methyl sites for hydroxylation is 2. The third-order valence-corrected chi connectivity index (χ3v) is 7.20. The molecule has 30 heavy (non-hydrogen) atoms. The van der Waals surface area contributed by atoms with E-state index >= 15 is 0 Å². The Bertz CT molecular complexity index is 1010. The van der Waals surface area contributed by atoms with Crippen LogP contribution in [0.4, 0.5) is 5.69 Å². The van der Waals surface area contributed by atoms with Crippen LogP contribution in [0.5, 0.6) is 11.5 Å². The Morgan fingerprint density at radius 2 is 1.57 bits per heavy atom. The van der Waals surface area contributed by atoms with E-state index in [0.717, 1.165) is 16.8 Å². The second-order valence-electron chi connectivity index (χ2n) is 7.56. The van der Waals surface area contributed by atoms with Crippen LogP contribution in [-0.2, 0) is 14.8 Å². The first kappa shape index (κ1) is 22.1. The second-order valence-corrected chi connectivity index (χ2v) is 9.50. The van der Waals surface area contributed by atoms with E-state index in [1.807, 2.05) is 32.0 Å². The number of nitrogens with zero attached hydrogens (tertiary/aromatic N) is 1. The van der Waals surface area contributed by atoms with Crippen molar-refractivity contribution >= 4 is 21.6 Å². The molecule has 2 aromatic carbocycles. The summed E-state index contributed by atoms with van der Waals surface area (Å²) < 4.78 is 37.9. The van der Waals surface area contributed by atoms with Gasteiger partial charge in [0, 0.05) is 30.8 Å². The van der Waals surface area contributed by atoms with Crippen LogP contribution in [0.3, 0.4) is 0 Å². The number of amides is 1. The van der Waals surface area contributed by atoms with Crippen molar-refractivity contribution in [2.75, 3.05) is 32.6 Å². The first-order chi connectivity index (χ1) is 14.2. The lowest BCUT2D eigenvalue weighted by atomic mass is 9.97. The summed E-state index contributed by atoms with van der Waals surface area (Å²) in [6.07, 6.45) is 0.951. The van der Waals surface area contributed by atoms with E-state index in [4.69, 9.17) is 9.47 Å². The van der Waals surface area contributed by atoms with Crippen LogP contribution in [0, 0.1) is 19.8 Å². The molecule has 3 rings (SSSR count). The molecule has 1 N–H and O–H groups in total. The minimum absolute atomic E-state index is 0.0665. The highest BCUT2D eigenvalue weighted by atomic mass is 32.2. The van der Waals surface area contributed by atoms with Gasteiger partial charge in [-0.05, 0) is 62.1 Å². The fourth-order valence-electron chi connectivity index (χ4n) is 3.78. The number of anilines is 1. The van der Waals surface area contributed by atoms with Gasteiger partial charge in [0.25, 0.3) is 0 Å². The largest absolute Gasteiger partial charge is 0.493 e. The maximum absolute atomic E-state index is 13.0. The Morgan fingerprint density at radius 1 is 0.967 bits per heavy atom. The zero-order valence-corrected chi connectivity index (χ0v) is 18.6. The lowest BCUT2D eigenvalue weighted by Gasteiger charge is -2.30. The number of carbonyl (C=O) groups excluding carboxylic acids is 1. The van der Waals surface area contributed by atoms with E-state index in [9.17, 15) is 13.2 Å². The molecule has 1 amide bonds. The van der Waals surface area contributed by atoms with Crippen molar-refractivity contribution in [3.05, 3.63) is 47.5 Å². The summed E-state index contributed by atoms with van der Waals surface area (Å²) in [6, 6.07) is 10.5. The third kappa shape index (κ3) is 4.76. The van der Waals surface area contributed by atoms with Gasteiger partial charge in [-0.15, -0.1) is 0 Å². The molecule has 0 bridgehead atoms. The van der Waals surface area contributed by atoms with Gasteiger partial charge in [0.2, 0.25) is 15.9 Å². The van der Waals surface area contributed by atoms with Crippen molar-refractivity contribution in [1.82, 2.24) is 4.31 Å². The van der Waals surface area contributed by atoms with Crippen molar-refractivity contribution in [2.24, 2.45) is 5.92 Å². The average molecular weight is 433 g/mol. The molecule has 1 fully saturated rings. The number of sulfonamides is 1. The van der Waals surface area contributed by atoms with Gasteiger partial charge in [-0.25, -0.2) is 8.42 Å². The number of methoxy groups -OCH3 is 2. The normalized spacial score (nSPS) is 15.6. The summed E-state index contributed by atoms with van der Waals surface area (Å²) in [4.78, 5) is 12.8. The summed E-state index contributed by atoms with van der Waals surface area (Å²) in [5, 5.41) is 2.97. The van der Waals surface area contributed by atoms with Crippen molar-refractivity contribution in [3.8, 4) is 11.5 Å². The van der Waals surface area contributed by atoms with Gasteiger partial charge in [0.15, 0.2) is 11.5 Å². The molecule has 0 atom stereocenters. The van der Waals surface area contributed by atoms with Crippen LogP contribution < -0.4 is 14.8 Å². The van der Waals surface area contributed by atoms with Crippen LogP contribution in [0.25, 0.3) is 0 Å². The highest BCUT2D eigenvalue weighted by Gasteiger charge is 2.32. The number of carbonyl (C=O) groups is 1. The quantitative estimate of drug-likeness (QED) is 0.757. The molecule has 0 spiro atoms. The highest BCUT2D eigenvalue weighted by Crippen LogP contribution is 2.32. The van der Waals surface area contributed by atoms with Crippen molar-refractivity contribution in [3.63, 3.8) is 0 Å². The lowest BCUT2D eigenvalue weighted by Crippen LogP contribution is -2.41. The number of hydrogen-bond acceptors (Lipinski definition) is 5. The van der Waals surface area contributed by atoms with Gasteiger partial charge in [0.05, 0.1) is 19.1 Å². The molecule has 0 aromatic heterocycles. The van der Waals surface area contributed by atoms with Gasteiger partial charge in [-0.1, -0.05) is 6.07 Å². The third-order valence-electron chi connectivity index (χ3n) is 5.31. The minimum Gasteiger partial charge on any atom is -0.493 e. The van der Waals surface area contributed by atoms with E-state index in [-0.39, 0.29) is 16.7 Å². The number of hydrogen-bond donors (Lipinski definition) is 1. The number of piperidine rings is 1. The Labute approximate surface area is 178 Å². The summed E-state index contributed by atoms with van der Waals surface area (Å²) in [5.41, 5.74) is 2.94. The topological polar surface area (TPSA) is 84.9 Å². The monoisotopic (exact) mass is 432 g/mol. The predicted octanol–water partition coefficient (Wildman–Crippen LogP) is 3.36. The summed E-state index contributed by atoms with van der Waals surface area (Å²) >= 11 is 0. The molecule has 0 saturated carbocycles. The molecule has 8 heteroatoms. The van der Waals surface area contributed by atoms with E-state index < -0.39 is 10.0 Å². The number of nitrogens with one attached hydrogen (secondary N) is 1. The van der Waals surface area contributed by atoms with Crippen molar-refractivity contribution < 1.29 is 22.7 Å². The molecule has 1 saturated heterocycles. The Morgan fingerprint density at radius 3 is 2.13 bits per heavy atom. The fourth-order valence-corrected chi connectivity index (χ4v) is 5.26. The summed E-state index contributed by atoms with van der Waals surface area (Å²) in [6.45, 7) is 4.56. The Kier molecular flexibility index (Phi) is 6.67. The Hall–Kier alpha value is -2.58. The van der Waals surface area contributed by atoms with Crippen LogP contribution >= 0.6 is 0 Å². The number of ether oxygens (including phenoxy) is 2. The molecule has 2 aromatic rings. The number of benzene rings is 2. The van der Waals surface area contributed by atoms with E-state index in [2.05, 4.69) is 5.32 Å². The van der Waals surface area contributed by atoms with Gasteiger partial charge in [0.1, 0.15) is 0 Å². The molecule has 162 valence electrons. The fraction of sp³-hybridized carbons (Fsp3) is 0.409. The smallest absolute Gasteiger partial charge is 0.243 e. The molecule has 1 aliphatic rings. The van der Waals surface area contributed by atoms with Crippen LogP contribution in [0.1, 0.15) is 24.0 Å². The molecule has 0 radical (unpaired) electrons. The van der Waals surface area contributed by atoms with Crippen molar-refractivity contribution in [1.29, 1.82) is 0 Å².